The maximum Gasteiger partial charge on any atom is 0.193 e. The van der Waals surface area contributed by atoms with Crippen molar-refractivity contribution < 1.29 is 0 Å². The smallest absolute Gasteiger partial charge is 0.193 e. The molecule has 1 aromatic rings. The minimum atomic E-state index is 0.588. The summed E-state index contributed by atoms with van der Waals surface area (Å²) in [6.07, 6.45) is 6.99. The molecular formula is C19H30N4. The van der Waals surface area contributed by atoms with Crippen molar-refractivity contribution in [1.82, 2.24) is 10.2 Å². The van der Waals surface area contributed by atoms with Gasteiger partial charge in [0.25, 0.3) is 0 Å². The standard InChI is InChI=1S/C19H30N4/c1-20-18(23-13-12-19(15-23)10-4-5-11-19)21-14-16-6-8-17(9-7-16)22(2)3/h6-9H,4-5,10-15H2,1-3H3,(H,20,21). The van der Waals surface area contributed by atoms with Crippen LogP contribution < -0.4 is 10.2 Å². The third-order valence-electron chi connectivity index (χ3n) is 5.52. The average Bonchev–Trinajstić information content (AvgIpc) is 3.19. The molecule has 2 aliphatic rings. The van der Waals surface area contributed by atoms with E-state index in [1.807, 2.05) is 7.05 Å². The van der Waals surface area contributed by atoms with E-state index in [0.29, 0.717) is 5.41 Å². The maximum atomic E-state index is 4.51. The van der Waals surface area contributed by atoms with E-state index in [1.165, 1.54) is 49.9 Å². The average molecular weight is 314 g/mol. The van der Waals surface area contributed by atoms with E-state index in [4.69, 9.17) is 0 Å². The summed E-state index contributed by atoms with van der Waals surface area (Å²) < 4.78 is 0. The highest BCUT2D eigenvalue weighted by Gasteiger charge is 2.40. The Hall–Kier alpha value is -1.71. The van der Waals surface area contributed by atoms with Gasteiger partial charge in [-0.3, -0.25) is 4.99 Å². The lowest BCUT2D eigenvalue weighted by Gasteiger charge is -2.26. The molecule has 0 atom stereocenters. The van der Waals surface area contributed by atoms with E-state index < -0.39 is 0 Å². The highest BCUT2D eigenvalue weighted by molar-refractivity contribution is 5.80. The Morgan fingerprint density at radius 1 is 1.17 bits per heavy atom. The van der Waals surface area contributed by atoms with Gasteiger partial charge in [-0.25, -0.2) is 0 Å². The number of nitrogens with one attached hydrogen (secondary N) is 1. The van der Waals surface area contributed by atoms with Crippen LogP contribution in [0.25, 0.3) is 0 Å². The van der Waals surface area contributed by atoms with Gasteiger partial charge in [-0.1, -0.05) is 25.0 Å². The zero-order valence-corrected chi connectivity index (χ0v) is 14.8. The number of hydrogen-bond donors (Lipinski definition) is 1. The van der Waals surface area contributed by atoms with Crippen LogP contribution in [-0.4, -0.2) is 45.1 Å². The molecule has 3 rings (SSSR count). The summed E-state index contributed by atoms with van der Waals surface area (Å²) in [6.45, 7) is 3.18. The van der Waals surface area contributed by atoms with Crippen LogP contribution in [0.15, 0.2) is 29.3 Å². The van der Waals surface area contributed by atoms with Crippen molar-refractivity contribution in [2.24, 2.45) is 10.4 Å². The summed E-state index contributed by atoms with van der Waals surface area (Å²) in [5.74, 6) is 1.06. The number of hydrogen-bond acceptors (Lipinski definition) is 2. The second-order valence-electron chi connectivity index (χ2n) is 7.34. The molecule has 4 heteroatoms. The molecule has 0 aromatic heterocycles. The molecule has 1 aliphatic heterocycles. The van der Waals surface area contributed by atoms with Gasteiger partial charge in [-0.05, 0) is 42.4 Å². The number of aliphatic imine (C=N–C) groups is 1. The fourth-order valence-electron chi connectivity index (χ4n) is 4.07. The third-order valence-corrected chi connectivity index (χ3v) is 5.52. The Kier molecular flexibility index (Phi) is 4.79. The van der Waals surface area contributed by atoms with Crippen LogP contribution in [0.3, 0.4) is 0 Å². The molecule has 126 valence electrons. The number of nitrogens with zero attached hydrogens (tertiary/aromatic N) is 3. The fourth-order valence-corrected chi connectivity index (χ4v) is 4.07. The minimum absolute atomic E-state index is 0.588. The first-order valence-corrected chi connectivity index (χ1v) is 8.84. The summed E-state index contributed by atoms with van der Waals surface area (Å²) in [4.78, 5) is 9.09. The Bertz CT molecular complexity index is 541. The SMILES string of the molecule is CN=C(NCc1ccc(N(C)C)cc1)N1CCC2(CCCC2)C1. The molecule has 23 heavy (non-hydrogen) atoms. The van der Waals surface area contributed by atoms with Crippen LogP contribution in [0.2, 0.25) is 0 Å². The van der Waals surface area contributed by atoms with Crippen molar-refractivity contribution in [2.45, 2.75) is 38.6 Å². The predicted molar refractivity (Wildman–Crippen MR) is 98.1 cm³/mol. The Labute approximate surface area is 140 Å². The minimum Gasteiger partial charge on any atom is -0.378 e. The monoisotopic (exact) mass is 314 g/mol. The van der Waals surface area contributed by atoms with Gasteiger partial charge in [0.05, 0.1) is 0 Å². The predicted octanol–water partition coefficient (Wildman–Crippen LogP) is 3.09. The summed E-state index contributed by atoms with van der Waals surface area (Å²) >= 11 is 0. The molecule has 1 N–H and O–H groups in total. The Morgan fingerprint density at radius 2 is 1.87 bits per heavy atom. The molecule has 0 bridgehead atoms. The van der Waals surface area contributed by atoms with Crippen LogP contribution in [0.1, 0.15) is 37.7 Å². The van der Waals surface area contributed by atoms with Crippen molar-refractivity contribution in [1.29, 1.82) is 0 Å². The van der Waals surface area contributed by atoms with E-state index in [2.05, 4.69) is 58.5 Å². The molecule has 2 fully saturated rings. The van der Waals surface area contributed by atoms with Gasteiger partial charge in [0.1, 0.15) is 0 Å². The highest BCUT2D eigenvalue weighted by atomic mass is 15.3. The summed E-state index contributed by atoms with van der Waals surface area (Å²) in [6, 6.07) is 8.72. The van der Waals surface area contributed by atoms with E-state index in [-0.39, 0.29) is 0 Å². The van der Waals surface area contributed by atoms with Crippen LogP contribution in [0.4, 0.5) is 5.69 Å². The first-order valence-electron chi connectivity index (χ1n) is 8.84. The zero-order chi connectivity index (χ0) is 16.3. The molecule has 1 spiro atoms. The van der Waals surface area contributed by atoms with Crippen LogP contribution in [0.5, 0.6) is 0 Å². The number of rotatable bonds is 3. The van der Waals surface area contributed by atoms with E-state index in [9.17, 15) is 0 Å². The molecule has 1 saturated heterocycles. The second kappa shape index (κ2) is 6.81. The number of anilines is 1. The molecular weight excluding hydrogens is 284 g/mol. The maximum absolute atomic E-state index is 4.51. The molecule has 1 aromatic carbocycles. The molecule has 4 nitrogen and oxygen atoms in total. The van der Waals surface area contributed by atoms with Crippen molar-refractivity contribution in [3.63, 3.8) is 0 Å². The Morgan fingerprint density at radius 3 is 2.48 bits per heavy atom. The third kappa shape index (κ3) is 3.62. The van der Waals surface area contributed by atoms with Crippen LogP contribution >= 0.6 is 0 Å². The van der Waals surface area contributed by atoms with Gasteiger partial charge in [0, 0.05) is 46.5 Å². The molecule has 1 aliphatic carbocycles. The van der Waals surface area contributed by atoms with Crippen molar-refractivity contribution in [3.05, 3.63) is 29.8 Å². The topological polar surface area (TPSA) is 30.9 Å². The number of guanidine groups is 1. The zero-order valence-electron chi connectivity index (χ0n) is 14.8. The largest absolute Gasteiger partial charge is 0.378 e. The first kappa shape index (κ1) is 16.2. The van der Waals surface area contributed by atoms with Crippen molar-refractivity contribution >= 4 is 11.6 Å². The number of likely N-dealkylation sites (tertiary alicyclic amines) is 1. The highest BCUT2D eigenvalue weighted by Crippen LogP contribution is 2.45. The normalized spacial score (nSPS) is 20.3. The molecule has 0 radical (unpaired) electrons. The lowest BCUT2D eigenvalue weighted by molar-refractivity contribution is 0.309. The van der Waals surface area contributed by atoms with Crippen molar-refractivity contribution in [2.75, 3.05) is 39.1 Å². The van der Waals surface area contributed by atoms with Gasteiger partial charge in [-0.15, -0.1) is 0 Å². The summed E-state index contributed by atoms with van der Waals surface area (Å²) in [5, 5.41) is 3.55. The van der Waals surface area contributed by atoms with Gasteiger partial charge in [0.15, 0.2) is 5.96 Å². The summed E-state index contributed by atoms with van der Waals surface area (Å²) in [7, 11) is 6.04. The van der Waals surface area contributed by atoms with E-state index in [0.717, 1.165) is 19.0 Å². The van der Waals surface area contributed by atoms with E-state index in [1.54, 1.807) is 0 Å². The second-order valence-corrected chi connectivity index (χ2v) is 7.34. The van der Waals surface area contributed by atoms with Gasteiger partial charge in [-0.2, -0.15) is 0 Å². The van der Waals surface area contributed by atoms with Gasteiger partial charge >= 0.3 is 0 Å². The Balaban J connectivity index is 1.56. The molecule has 0 unspecified atom stereocenters. The quantitative estimate of drug-likeness (QED) is 0.687. The molecule has 1 saturated carbocycles. The lowest BCUT2D eigenvalue weighted by Crippen LogP contribution is -2.40. The molecule has 1 heterocycles. The van der Waals surface area contributed by atoms with Crippen molar-refractivity contribution in [3.8, 4) is 0 Å². The lowest BCUT2D eigenvalue weighted by atomic mass is 9.86. The number of benzene rings is 1. The van der Waals surface area contributed by atoms with Gasteiger partial charge in [0.2, 0.25) is 0 Å². The van der Waals surface area contributed by atoms with Crippen LogP contribution in [-0.2, 0) is 6.54 Å². The first-order chi connectivity index (χ1) is 11.1. The van der Waals surface area contributed by atoms with E-state index >= 15 is 0 Å². The fraction of sp³-hybridized carbons (Fsp3) is 0.632. The summed E-state index contributed by atoms with van der Waals surface area (Å²) in [5.41, 5.74) is 3.12. The molecule has 0 amide bonds. The van der Waals surface area contributed by atoms with Crippen LogP contribution in [0, 0.1) is 5.41 Å². The van der Waals surface area contributed by atoms with Gasteiger partial charge < -0.3 is 15.1 Å².